The van der Waals surface area contributed by atoms with E-state index in [-0.39, 0.29) is 0 Å². The number of amides is 1. The van der Waals surface area contributed by atoms with Crippen molar-refractivity contribution in [3.63, 3.8) is 0 Å². The lowest BCUT2D eigenvalue weighted by molar-refractivity contribution is -0.139. The molecule has 0 aliphatic heterocycles. The van der Waals surface area contributed by atoms with E-state index >= 15 is 0 Å². The Kier molecular flexibility index (Phi) is 6.23. The van der Waals surface area contributed by atoms with Gasteiger partial charge in [0, 0.05) is 0 Å². The summed E-state index contributed by atoms with van der Waals surface area (Å²) in [6.45, 7) is 5.27. The molecule has 2 rings (SSSR count). The highest BCUT2D eigenvalue weighted by Crippen LogP contribution is 2.49. The van der Waals surface area contributed by atoms with Crippen molar-refractivity contribution in [3.8, 4) is 0 Å². The van der Waals surface area contributed by atoms with Crippen molar-refractivity contribution in [1.29, 1.82) is 0 Å². The van der Waals surface area contributed by atoms with E-state index in [2.05, 4.69) is 5.32 Å². The Balaban J connectivity index is 1.66. The largest absolute Gasteiger partial charge is 0.480 e. The Labute approximate surface area is 142 Å². The van der Waals surface area contributed by atoms with Gasteiger partial charge in [0.15, 0.2) is 0 Å². The molecule has 0 radical (unpaired) electrons. The molecule has 6 heteroatoms. The van der Waals surface area contributed by atoms with Gasteiger partial charge in [0.05, 0.1) is 0 Å². The van der Waals surface area contributed by atoms with Crippen molar-refractivity contribution < 1.29 is 19.4 Å². The number of carboxylic acids is 1. The first-order valence-electron chi connectivity index (χ1n) is 8.54. The topological polar surface area (TPSA) is 75.6 Å². The van der Waals surface area contributed by atoms with Crippen LogP contribution in [0.3, 0.4) is 0 Å². The molecule has 0 saturated heterocycles. The minimum absolute atomic E-state index is 0.431. The summed E-state index contributed by atoms with van der Waals surface area (Å²) in [6.07, 6.45) is 5.32. The fourth-order valence-electron chi connectivity index (χ4n) is 3.72. The van der Waals surface area contributed by atoms with Gasteiger partial charge < -0.3 is 15.2 Å². The van der Waals surface area contributed by atoms with Crippen LogP contribution in [0, 0.1) is 17.8 Å². The number of rotatable bonds is 7. The van der Waals surface area contributed by atoms with E-state index in [1.165, 1.54) is 25.7 Å². The minimum Gasteiger partial charge on any atom is -0.480 e. The number of thioether (sulfide) groups is 1. The first-order valence-corrected chi connectivity index (χ1v) is 9.70. The van der Waals surface area contributed by atoms with Crippen molar-refractivity contribution in [3.05, 3.63) is 0 Å². The number of alkyl carbamates (subject to hydrolysis) is 1. The Bertz CT molecular complexity index is 435. The summed E-state index contributed by atoms with van der Waals surface area (Å²) < 4.78 is 5.12. The highest BCUT2D eigenvalue weighted by molar-refractivity contribution is 7.99. The van der Waals surface area contributed by atoms with E-state index in [9.17, 15) is 14.7 Å². The lowest BCUT2D eigenvalue weighted by Crippen LogP contribution is -2.43. The number of hydrogen-bond acceptors (Lipinski definition) is 4. The van der Waals surface area contributed by atoms with Crippen LogP contribution in [0.1, 0.15) is 52.9 Å². The van der Waals surface area contributed by atoms with E-state index in [4.69, 9.17) is 4.74 Å². The minimum atomic E-state index is -1.00. The maximum Gasteiger partial charge on any atom is 0.408 e. The van der Waals surface area contributed by atoms with Crippen molar-refractivity contribution in [2.24, 2.45) is 17.8 Å². The number of fused-ring (bicyclic) bond motifs is 2. The van der Waals surface area contributed by atoms with E-state index in [0.717, 1.165) is 29.3 Å². The predicted molar refractivity (Wildman–Crippen MR) is 91.7 cm³/mol. The third-order valence-electron chi connectivity index (χ3n) is 4.76. The molecule has 4 unspecified atom stereocenters. The van der Waals surface area contributed by atoms with E-state index < -0.39 is 23.7 Å². The van der Waals surface area contributed by atoms with Crippen LogP contribution in [-0.2, 0) is 9.53 Å². The molecule has 0 spiro atoms. The zero-order valence-corrected chi connectivity index (χ0v) is 15.2. The van der Waals surface area contributed by atoms with Crippen LogP contribution in [0.2, 0.25) is 0 Å². The fraction of sp³-hybridized carbons (Fsp3) is 0.882. The lowest BCUT2D eigenvalue weighted by atomic mass is 9.90. The van der Waals surface area contributed by atoms with Crippen LogP contribution in [0.25, 0.3) is 0 Å². The normalized spacial score (nSPS) is 27.7. The van der Waals surface area contributed by atoms with E-state index in [1.807, 2.05) is 11.8 Å². The Morgan fingerprint density at radius 3 is 2.57 bits per heavy atom. The highest BCUT2D eigenvalue weighted by atomic mass is 32.2. The molecule has 23 heavy (non-hydrogen) atoms. The molecule has 0 heterocycles. The molecule has 0 aromatic heterocycles. The molecule has 0 aromatic carbocycles. The van der Waals surface area contributed by atoms with Gasteiger partial charge in [-0.15, -0.1) is 0 Å². The van der Waals surface area contributed by atoms with Crippen molar-refractivity contribution in [2.75, 3.05) is 11.5 Å². The van der Waals surface area contributed by atoms with Gasteiger partial charge in [-0.05, 0) is 75.7 Å². The van der Waals surface area contributed by atoms with Crippen LogP contribution in [0.4, 0.5) is 4.79 Å². The first-order chi connectivity index (χ1) is 10.7. The fourth-order valence-corrected chi connectivity index (χ4v) is 5.00. The molecular formula is C17H29NO4S. The summed E-state index contributed by atoms with van der Waals surface area (Å²) in [4.78, 5) is 23.0. The number of aliphatic carboxylic acids is 1. The van der Waals surface area contributed by atoms with Crippen LogP contribution in [0.5, 0.6) is 0 Å². The van der Waals surface area contributed by atoms with Crippen LogP contribution >= 0.6 is 11.8 Å². The van der Waals surface area contributed by atoms with Crippen molar-refractivity contribution >= 4 is 23.8 Å². The van der Waals surface area contributed by atoms with Gasteiger partial charge in [-0.25, -0.2) is 9.59 Å². The number of carbonyl (C=O) groups is 2. The number of carboxylic acid groups (broad SMARTS) is 1. The second kappa shape index (κ2) is 7.77. The average molecular weight is 343 g/mol. The van der Waals surface area contributed by atoms with Gasteiger partial charge >= 0.3 is 12.1 Å². The summed E-state index contributed by atoms with van der Waals surface area (Å²) in [7, 11) is 0. The third kappa shape index (κ3) is 5.90. The molecule has 2 aliphatic carbocycles. The molecule has 0 aromatic rings. The molecular weight excluding hydrogens is 314 g/mol. The zero-order valence-electron chi connectivity index (χ0n) is 14.3. The second-order valence-corrected chi connectivity index (χ2v) is 8.99. The molecule has 132 valence electrons. The summed E-state index contributed by atoms with van der Waals surface area (Å²) in [5.74, 6) is 3.55. The standard InChI is InChI=1S/C17H29NO4S/c1-17(2,3)22-16(21)18-14(15(19)20)6-7-23-10-13-9-11-4-5-12(13)8-11/h11-14H,4-10H2,1-3H3,(H,18,21)(H,19,20). The van der Waals surface area contributed by atoms with Crippen molar-refractivity contribution in [2.45, 2.75) is 64.5 Å². The van der Waals surface area contributed by atoms with E-state index in [0.29, 0.717) is 6.42 Å². The predicted octanol–water partition coefficient (Wildman–Crippen LogP) is 3.52. The Morgan fingerprint density at radius 1 is 1.30 bits per heavy atom. The average Bonchev–Trinajstić information content (AvgIpc) is 3.02. The molecule has 5 nitrogen and oxygen atoms in total. The Hall–Kier alpha value is -0.910. The SMILES string of the molecule is CC(C)(C)OC(=O)NC(CCSCC1CC2CCC1C2)C(=O)O. The molecule has 2 aliphatic rings. The quantitative estimate of drug-likeness (QED) is 0.692. The maximum atomic E-state index is 11.7. The lowest BCUT2D eigenvalue weighted by Gasteiger charge is -2.23. The highest BCUT2D eigenvalue weighted by Gasteiger charge is 2.39. The maximum absolute atomic E-state index is 11.7. The molecule has 2 saturated carbocycles. The summed E-state index contributed by atoms with van der Waals surface area (Å²) in [6, 6.07) is -0.877. The number of nitrogens with one attached hydrogen (secondary N) is 1. The first kappa shape index (κ1) is 18.4. The number of hydrogen-bond donors (Lipinski definition) is 2. The van der Waals surface area contributed by atoms with Gasteiger partial charge in [-0.1, -0.05) is 6.42 Å². The van der Waals surface area contributed by atoms with Gasteiger partial charge in [-0.3, -0.25) is 0 Å². The van der Waals surface area contributed by atoms with E-state index in [1.54, 1.807) is 20.8 Å². The monoisotopic (exact) mass is 343 g/mol. The number of carbonyl (C=O) groups excluding carboxylic acids is 1. The smallest absolute Gasteiger partial charge is 0.408 e. The number of ether oxygens (including phenoxy) is 1. The van der Waals surface area contributed by atoms with Gasteiger partial charge in [0.2, 0.25) is 0 Å². The zero-order chi connectivity index (χ0) is 17.0. The summed E-state index contributed by atoms with van der Waals surface area (Å²) in [5.41, 5.74) is -0.621. The molecule has 2 N–H and O–H groups in total. The summed E-state index contributed by atoms with van der Waals surface area (Å²) >= 11 is 1.82. The molecule has 2 bridgehead atoms. The van der Waals surface area contributed by atoms with Crippen LogP contribution in [-0.4, -0.2) is 40.3 Å². The third-order valence-corrected chi connectivity index (χ3v) is 5.94. The summed E-state index contributed by atoms with van der Waals surface area (Å²) in [5, 5.41) is 11.7. The van der Waals surface area contributed by atoms with Gasteiger partial charge in [0.25, 0.3) is 0 Å². The van der Waals surface area contributed by atoms with Crippen LogP contribution in [0.15, 0.2) is 0 Å². The van der Waals surface area contributed by atoms with Gasteiger partial charge in [0.1, 0.15) is 11.6 Å². The second-order valence-electron chi connectivity index (χ2n) is 7.84. The van der Waals surface area contributed by atoms with Crippen molar-refractivity contribution in [1.82, 2.24) is 5.32 Å². The molecule has 1 amide bonds. The molecule has 4 atom stereocenters. The Morgan fingerprint density at radius 2 is 2.04 bits per heavy atom. The van der Waals surface area contributed by atoms with Crippen LogP contribution < -0.4 is 5.32 Å². The molecule has 2 fully saturated rings. The van der Waals surface area contributed by atoms with Gasteiger partial charge in [-0.2, -0.15) is 11.8 Å².